The minimum atomic E-state index is 0.447. The maximum absolute atomic E-state index is 5.77. The van der Waals surface area contributed by atoms with Gasteiger partial charge in [0.05, 0.1) is 0 Å². The number of nitrogens with two attached hydrogens (primary N) is 1. The van der Waals surface area contributed by atoms with Gasteiger partial charge in [0.15, 0.2) is 0 Å². The Hall–Kier alpha value is -0.680. The third-order valence-electron chi connectivity index (χ3n) is 2.89. The molecular formula is C9H16N4S. The summed E-state index contributed by atoms with van der Waals surface area (Å²) in [5.74, 6) is 1.53. The molecule has 14 heavy (non-hydrogen) atoms. The lowest BCUT2D eigenvalue weighted by Gasteiger charge is -2.24. The van der Waals surface area contributed by atoms with E-state index >= 15 is 0 Å². The van der Waals surface area contributed by atoms with Crippen molar-refractivity contribution in [3.63, 3.8) is 0 Å². The molecular weight excluding hydrogens is 196 g/mol. The third kappa shape index (κ3) is 1.62. The Kier molecular flexibility index (Phi) is 2.69. The smallest absolute Gasteiger partial charge is 0.205 e. The summed E-state index contributed by atoms with van der Waals surface area (Å²) in [5.41, 5.74) is 5.77. The van der Waals surface area contributed by atoms with Gasteiger partial charge in [0.1, 0.15) is 5.82 Å². The first kappa shape index (κ1) is 9.86. The molecule has 1 aromatic heterocycles. The van der Waals surface area contributed by atoms with Crippen LogP contribution >= 0.6 is 11.5 Å². The molecule has 2 unspecified atom stereocenters. The van der Waals surface area contributed by atoms with Crippen LogP contribution in [0.1, 0.15) is 19.2 Å². The van der Waals surface area contributed by atoms with E-state index in [1.807, 2.05) is 6.92 Å². The average Bonchev–Trinajstić information content (AvgIpc) is 2.71. The lowest BCUT2D eigenvalue weighted by Crippen LogP contribution is -2.38. The summed E-state index contributed by atoms with van der Waals surface area (Å²) in [5, 5.41) is 1.03. The van der Waals surface area contributed by atoms with Crippen LogP contribution in [0.5, 0.6) is 0 Å². The number of aryl methyl sites for hydroxylation is 1. The maximum atomic E-state index is 5.77. The molecule has 2 heterocycles. The van der Waals surface area contributed by atoms with Crippen LogP contribution in [0.15, 0.2) is 0 Å². The summed E-state index contributed by atoms with van der Waals surface area (Å²) < 4.78 is 4.20. The van der Waals surface area contributed by atoms with E-state index < -0.39 is 0 Å². The minimum Gasteiger partial charge on any atom is -0.342 e. The average molecular weight is 212 g/mol. The van der Waals surface area contributed by atoms with E-state index in [2.05, 4.69) is 21.2 Å². The fraction of sp³-hybridized carbons (Fsp3) is 0.778. The summed E-state index contributed by atoms with van der Waals surface area (Å²) in [7, 11) is 0. The highest BCUT2D eigenvalue weighted by molar-refractivity contribution is 7.09. The molecule has 0 aliphatic carbocycles. The molecule has 0 spiro atoms. The second kappa shape index (κ2) is 3.82. The van der Waals surface area contributed by atoms with Gasteiger partial charge in [-0.1, -0.05) is 6.92 Å². The maximum Gasteiger partial charge on any atom is 0.205 e. The Bertz CT molecular complexity index is 312. The van der Waals surface area contributed by atoms with Gasteiger partial charge in [0.25, 0.3) is 0 Å². The summed E-state index contributed by atoms with van der Waals surface area (Å²) in [6.07, 6.45) is 1.21. The van der Waals surface area contributed by atoms with Crippen molar-refractivity contribution in [2.24, 2.45) is 11.7 Å². The van der Waals surface area contributed by atoms with Gasteiger partial charge in [-0.3, -0.25) is 0 Å². The molecule has 1 aliphatic rings. The van der Waals surface area contributed by atoms with E-state index in [4.69, 9.17) is 5.73 Å². The highest BCUT2D eigenvalue weighted by Gasteiger charge is 2.31. The van der Waals surface area contributed by atoms with Crippen molar-refractivity contribution in [1.82, 2.24) is 9.36 Å². The molecule has 2 N–H and O–H groups in total. The molecule has 1 aromatic rings. The Morgan fingerprint density at radius 1 is 1.64 bits per heavy atom. The van der Waals surface area contributed by atoms with Gasteiger partial charge in [-0.05, 0) is 19.3 Å². The van der Waals surface area contributed by atoms with E-state index in [0.717, 1.165) is 17.5 Å². The summed E-state index contributed by atoms with van der Waals surface area (Å²) in [6, 6.07) is 0.447. The lowest BCUT2D eigenvalue weighted by atomic mass is 10.0. The van der Waals surface area contributed by atoms with Crippen LogP contribution < -0.4 is 10.6 Å². The molecule has 0 bridgehead atoms. The van der Waals surface area contributed by atoms with Gasteiger partial charge < -0.3 is 10.6 Å². The molecule has 4 nitrogen and oxygen atoms in total. The van der Waals surface area contributed by atoms with Crippen molar-refractivity contribution >= 4 is 16.7 Å². The molecule has 1 saturated heterocycles. The van der Waals surface area contributed by atoms with E-state index in [9.17, 15) is 0 Å². The van der Waals surface area contributed by atoms with Crippen LogP contribution in [0.4, 0.5) is 5.13 Å². The molecule has 2 atom stereocenters. The van der Waals surface area contributed by atoms with Crippen molar-refractivity contribution < 1.29 is 0 Å². The van der Waals surface area contributed by atoms with E-state index in [0.29, 0.717) is 18.5 Å². The standard InChI is InChI=1S/C9H16N4S/c1-6-3-4-13(8(6)5-10)9-11-7(2)12-14-9/h6,8H,3-5,10H2,1-2H3. The predicted molar refractivity (Wildman–Crippen MR) is 58.6 cm³/mol. The van der Waals surface area contributed by atoms with E-state index in [-0.39, 0.29) is 0 Å². The molecule has 0 amide bonds. The zero-order chi connectivity index (χ0) is 10.1. The molecule has 1 aliphatic heterocycles. The monoisotopic (exact) mass is 212 g/mol. The largest absolute Gasteiger partial charge is 0.342 e. The number of rotatable bonds is 2. The first-order valence-corrected chi connectivity index (χ1v) is 5.76. The van der Waals surface area contributed by atoms with Crippen molar-refractivity contribution in [3.05, 3.63) is 5.82 Å². The van der Waals surface area contributed by atoms with Crippen molar-refractivity contribution in [3.8, 4) is 0 Å². The number of hydrogen-bond acceptors (Lipinski definition) is 5. The number of hydrogen-bond donors (Lipinski definition) is 1. The quantitative estimate of drug-likeness (QED) is 0.795. The molecule has 0 aromatic carbocycles. The van der Waals surface area contributed by atoms with Crippen LogP contribution in [-0.2, 0) is 0 Å². The predicted octanol–water partition coefficient (Wildman–Crippen LogP) is 1.02. The Morgan fingerprint density at radius 3 is 3.00 bits per heavy atom. The van der Waals surface area contributed by atoms with Crippen molar-refractivity contribution in [1.29, 1.82) is 0 Å². The highest BCUT2D eigenvalue weighted by Crippen LogP contribution is 2.29. The highest BCUT2D eigenvalue weighted by atomic mass is 32.1. The normalized spacial score (nSPS) is 27.2. The van der Waals surface area contributed by atoms with Gasteiger partial charge in [0.2, 0.25) is 5.13 Å². The molecule has 2 rings (SSSR count). The first-order valence-electron chi connectivity index (χ1n) is 4.99. The van der Waals surface area contributed by atoms with Gasteiger partial charge in [-0.25, -0.2) is 4.98 Å². The fourth-order valence-corrected chi connectivity index (χ4v) is 2.77. The van der Waals surface area contributed by atoms with Crippen LogP contribution in [0.25, 0.3) is 0 Å². The number of nitrogens with zero attached hydrogens (tertiary/aromatic N) is 3. The molecule has 0 radical (unpaired) electrons. The zero-order valence-corrected chi connectivity index (χ0v) is 9.42. The number of aromatic nitrogens is 2. The van der Waals surface area contributed by atoms with Gasteiger partial charge in [0, 0.05) is 30.7 Å². The summed E-state index contributed by atoms with van der Waals surface area (Å²) in [4.78, 5) is 6.70. The van der Waals surface area contributed by atoms with Crippen LogP contribution in [-0.4, -0.2) is 28.5 Å². The van der Waals surface area contributed by atoms with Crippen LogP contribution in [0.2, 0.25) is 0 Å². The third-order valence-corrected chi connectivity index (χ3v) is 3.73. The zero-order valence-electron chi connectivity index (χ0n) is 8.60. The van der Waals surface area contributed by atoms with Gasteiger partial charge >= 0.3 is 0 Å². The van der Waals surface area contributed by atoms with E-state index in [1.165, 1.54) is 18.0 Å². The second-order valence-electron chi connectivity index (χ2n) is 3.89. The molecule has 5 heteroatoms. The molecule has 1 fully saturated rings. The topological polar surface area (TPSA) is 55.0 Å². The fourth-order valence-electron chi connectivity index (χ4n) is 2.01. The Morgan fingerprint density at radius 2 is 2.43 bits per heavy atom. The lowest BCUT2D eigenvalue weighted by molar-refractivity contribution is 0.518. The van der Waals surface area contributed by atoms with Crippen LogP contribution in [0.3, 0.4) is 0 Å². The first-order chi connectivity index (χ1) is 6.72. The van der Waals surface area contributed by atoms with Gasteiger partial charge in [-0.15, -0.1) is 0 Å². The van der Waals surface area contributed by atoms with Crippen molar-refractivity contribution in [2.45, 2.75) is 26.3 Å². The SMILES string of the molecule is Cc1nsc(N2CCC(C)C2CN)n1. The molecule has 78 valence electrons. The minimum absolute atomic E-state index is 0.447. The second-order valence-corrected chi connectivity index (χ2v) is 4.62. The van der Waals surface area contributed by atoms with E-state index in [1.54, 1.807) is 0 Å². The summed E-state index contributed by atoms with van der Waals surface area (Å²) >= 11 is 1.48. The van der Waals surface area contributed by atoms with Crippen molar-refractivity contribution in [2.75, 3.05) is 18.0 Å². The number of anilines is 1. The van der Waals surface area contributed by atoms with Crippen LogP contribution in [0, 0.1) is 12.8 Å². The van der Waals surface area contributed by atoms with Gasteiger partial charge in [-0.2, -0.15) is 4.37 Å². The Balaban J connectivity index is 2.18. The summed E-state index contributed by atoms with van der Waals surface area (Å²) in [6.45, 7) is 5.96. The molecule has 0 saturated carbocycles. The Labute approximate surface area is 88.3 Å².